The number of hydrogen-bond donors (Lipinski definition) is 2. The molecule has 0 unspecified atom stereocenters. The van der Waals surface area contributed by atoms with Gasteiger partial charge in [0.1, 0.15) is 11.6 Å². The highest BCUT2D eigenvalue weighted by Gasteiger charge is 2.17. The van der Waals surface area contributed by atoms with E-state index < -0.39 is 0 Å². The monoisotopic (exact) mass is 349 g/mol. The molecule has 2 N–H and O–H groups in total. The summed E-state index contributed by atoms with van der Waals surface area (Å²) in [5, 5.41) is 14.2. The average molecular weight is 350 g/mol. The summed E-state index contributed by atoms with van der Waals surface area (Å²) in [5.74, 6) is 2.38. The predicted octanol–water partition coefficient (Wildman–Crippen LogP) is 2.99. The fraction of sp³-hybridized carbons (Fsp3) is 0.438. The number of nitrogens with zero attached hydrogens (tertiary/aromatic N) is 3. The van der Waals surface area contributed by atoms with Crippen molar-refractivity contribution in [2.75, 3.05) is 11.9 Å². The van der Waals surface area contributed by atoms with Crippen LogP contribution in [0, 0.1) is 0 Å². The highest BCUT2D eigenvalue weighted by molar-refractivity contribution is 6.32. The summed E-state index contributed by atoms with van der Waals surface area (Å²) in [7, 11) is 0. The molecule has 0 saturated carbocycles. The van der Waals surface area contributed by atoms with Crippen LogP contribution in [-0.2, 0) is 19.5 Å². The number of ether oxygens (including phenoxy) is 1. The van der Waals surface area contributed by atoms with Gasteiger partial charge in [0.05, 0.1) is 18.2 Å². The molecule has 0 aliphatic carbocycles. The number of carbonyl (C=O) groups excluding carboxylic acids is 1. The van der Waals surface area contributed by atoms with E-state index in [1.807, 2.05) is 6.92 Å². The Hall–Kier alpha value is -2.28. The molecule has 2 heterocycles. The maximum Gasteiger partial charge on any atom is 0.319 e. The van der Waals surface area contributed by atoms with Crippen LogP contribution in [0.25, 0.3) is 0 Å². The number of anilines is 1. The second-order valence-corrected chi connectivity index (χ2v) is 6.00. The number of benzene rings is 1. The summed E-state index contributed by atoms with van der Waals surface area (Å²) in [6, 6.07) is 4.86. The number of aromatic nitrogens is 3. The SMILES string of the molecule is CCCOc1ccc(NC(=O)NCc2nnc3n2CCC3)cc1Cl. The molecule has 0 saturated heterocycles. The van der Waals surface area contributed by atoms with E-state index in [0.29, 0.717) is 29.6 Å². The van der Waals surface area contributed by atoms with E-state index >= 15 is 0 Å². The first-order chi connectivity index (χ1) is 11.7. The van der Waals surface area contributed by atoms with Crippen LogP contribution in [0.1, 0.15) is 31.4 Å². The molecule has 1 aliphatic rings. The third kappa shape index (κ3) is 3.79. The van der Waals surface area contributed by atoms with Gasteiger partial charge in [0.25, 0.3) is 0 Å². The van der Waals surface area contributed by atoms with Crippen LogP contribution in [0.5, 0.6) is 5.75 Å². The number of rotatable bonds is 6. The molecular weight excluding hydrogens is 330 g/mol. The lowest BCUT2D eigenvalue weighted by Crippen LogP contribution is -2.29. The van der Waals surface area contributed by atoms with Gasteiger partial charge in [0.2, 0.25) is 0 Å². The molecule has 8 heteroatoms. The molecule has 1 aromatic carbocycles. The Morgan fingerprint density at radius 3 is 3.08 bits per heavy atom. The summed E-state index contributed by atoms with van der Waals surface area (Å²) in [5.41, 5.74) is 0.604. The number of nitrogens with one attached hydrogen (secondary N) is 2. The van der Waals surface area contributed by atoms with E-state index in [4.69, 9.17) is 16.3 Å². The number of urea groups is 1. The van der Waals surface area contributed by atoms with Gasteiger partial charge in [-0.3, -0.25) is 0 Å². The average Bonchev–Trinajstić information content (AvgIpc) is 3.16. The molecule has 24 heavy (non-hydrogen) atoms. The predicted molar refractivity (Wildman–Crippen MR) is 91.4 cm³/mol. The van der Waals surface area contributed by atoms with Crippen molar-refractivity contribution in [1.29, 1.82) is 0 Å². The Morgan fingerprint density at radius 1 is 1.42 bits per heavy atom. The zero-order valence-electron chi connectivity index (χ0n) is 13.5. The Balaban J connectivity index is 1.54. The first-order valence-electron chi connectivity index (χ1n) is 8.05. The Bertz CT molecular complexity index is 731. The second-order valence-electron chi connectivity index (χ2n) is 5.59. The Labute approximate surface area is 145 Å². The number of halogens is 1. The Kier molecular flexibility index (Phi) is 5.20. The minimum absolute atomic E-state index is 0.316. The van der Waals surface area contributed by atoms with Crippen molar-refractivity contribution in [3.63, 3.8) is 0 Å². The van der Waals surface area contributed by atoms with Crippen molar-refractivity contribution in [2.24, 2.45) is 0 Å². The number of hydrogen-bond acceptors (Lipinski definition) is 4. The van der Waals surface area contributed by atoms with Gasteiger partial charge in [-0.05, 0) is 31.0 Å². The molecule has 7 nitrogen and oxygen atoms in total. The molecule has 2 amide bonds. The minimum Gasteiger partial charge on any atom is -0.492 e. The molecule has 128 valence electrons. The van der Waals surface area contributed by atoms with Crippen molar-refractivity contribution in [3.8, 4) is 5.75 Å². The lowest BCUT2D eigenvalue weighted by Gasteiger charge is -2.10. The highest BCUT2D eigenvalue weighted by Crippen LogP contribution is 2.27. The van der Waals surface area contributed by atoms with Crippen LogP contribution < -0.4 is 15.4 Å². The molecule has 1 aliphatic heterocycles. The molecule has 0 radical (unpaired) electrons. The summed E-state index contributed by atoms with van der Waals surface area (Å²) < 4.78 is 7.56. The van der Waals surface area contributed by atoms with Crippen molar-refractivity contribution in [1.82, 2.24) is 20.1 Å². The maximum absolute atomic E-state index is 12.0. The van der Waals surface area contributed by atoms with Gasteiger partial charge in [-0.25, -0.2) is 4.79 Å². The molecule has 2 aromatic rings. The minimum atomic E-state index is -0.316. The fourth-order valence-electron chi connectivity index (χ4n) is 2.58. The smallest absolute Gasteiger partial charge is 0.319 e. The van der Waals surface area contributed by atoms with Crippen LogP contribution in [0.3, 0.4) is 0 Å². The number of fused-ring (bicyclic) bond motifs is 1. The van der Waals surface area contributed by atoms with Crippen LogP contribution in [0.15, 0.2) is 18.2 Å². The first-order valence-corrected chi connectivity index (χ1v) is 8.43. The van der Waals surface area contributed by atoms with E-state index in [9.17, 15) is 4.79 Å². The van der Waals surface area contributed by atoms with Crippen molar-refractivity contribution in [3.05, 3.63) is 34.9 Å². The summed E-state index contributed by atoms with van der Waals surface area (Å²) >= 11 is 6.15. The zero-order valence-corrected chi connectivity index (χ0v) is 14.3. The van der Waals surface area contributed by atoms with Gasteiger partial charge in [-0.1, -0.05) is 18.5 Å². The van der Waals surface area contributed by atoms with Gasteiger partial charge in [0.15, 0.2) is 5.82 Å². The molecular formula is C16H20ClN5O2. The molecule has 3 rings (SSSR count). The largest absolute Gasteiger partial charge is 0.492 e. The highest BCUT2D eigenvalue weighted by atomic mass is 35.5. The van der Waals surface area contributed by atoms with E-state index in [-0.39, 0.29) is 6.03 Å². The lowest BCUT2D eigenvalue weighted by molar-refractivity contribution is 0.251. The lowest BCUT2D eigenvalue weighted by atomic mass is 10.3. The molecule has 0 bridgehead atoms. The molecule has 0 fully saturated rings. The van der Waals surface area contributed by atoms with Crippen LogP contribution in [0.4, 0.5) is 10.5 Å². The third-order valence-corrected chi connectivity index (χ3v) is 4.04. The summed E-state index contributed by atoms with van der Waals surface area (Å²) in [4.78, 5) is 12.0. The van der Waals surface area contributed by atoms with Gasteiger partial charge >= 0.3 is 6.03 Å². The molecule has 0 spiro atoms. The van der Waals surface area contributed by atoms with Crippen LogP contribution in [-0.4, -0.2) is 27.4 Å². The van der Waals surface area contributed by atoms with Crippen LogP contribution in [0.2, 0.25) is 5.02 Å². The van der Waals surface area contributed by atoms with Gasteiger partial charge < -0.3 is 19.9 Å². The van der Waals surface area contributed by atoms with Gasteiger partial charge in [-0.2, -0.15) is 0 Å². The maximum atomic E-state index is 12.0. The molecule has 1 aromatic heterocycles. The Morgan fingerprint density at radius 2 is 2.29 bits per heavy atom. The number of carbonyl (C=O) groups is 1. The standard InChI is InChI=1S/C16H20ClN5O2/c1-2-8-24-13-6-5-11(9-12(13)17)19-16(23)18-10-15-21-20-14-4-3-7-22(14)15/h5-6,9H,2-4,7-8,10H2,1H3,(H2,18,19,23). The third-order valence-electron chi connectivity index (χ3n) is 3.74. The fourth-order valence-corrected chi connectivity index (χ4v) is 2.82. The van der Waals surface area contributed by atoms with E-state index in [2.05, 4.69) is 25.4 Å². The summed E-state index contributed by atoms with van der Waals surface area (Å²) in [6.07, 6.45) is 2.93. The van der Waals surface area contributed by atoms with E-state index in [1.165, 1.54) is 0 Å². The van der Waals surface area contributed by atoms with Crippen molar-refractivity contribution >= 4 is 23.3 Å². The van der Waals surface area contributed by atoms with Gasteiger partial charge in [-0.15, -0.1) is 10.2 Å². The van der Waals surface area contributed by atoms with E-state index in [1.54, 1.807) is 18.2 Å². The normalized spacial score (nSPS) is 12.8. The molecule has 0 atom stereocenters. The van der Waals surface area contributed by atoms with Gasteiger partial charge in [0, 0.05) is 18.7 Å². The van der Waals surface area contributed by atoms with Crippen molar-refractivity contribution in [2.45, 2.75) is 39.3 Å². The second kappa shape index (κ2) is 7.53. The zero-order chi connectivity index (χ0) is 16.9. The van der Waals surface area contributed by atoms with E-state index in [0.717, 1.165) is 37.5 Å². The topological polar surface area (TPSA) is 81.1 Å². The summed E-state index contributed by atoms with van der Waals surface area (Å²) in [6.45, 7) is 3.88. The quantitative estimate of drug-likeness (QED) is 0.840. The van der Waals surface area contributed by atoms with Crippen LogP contribution >= 0.6 is 11.6 Å². The van der Waals surface area contributed by atoms with Crippen molar-refractivity contribution < 1.29 is 9.53 Å². The number of amides is 2. The first kappa shape index (κ1) is 16.6. The number of aryl methyl sites for hydroxylation is 1.